The first-order chi connectivity index (χ1) is 9.88. The standard InChI is InChI=1S/C12H20N4O4S/c1-4-16(21(3,18)19)9-5-8-13-11-7-6-10(14-15-11)12(17)20-2/h6-7H,4-5,8-9H2,1-3H3,(H,13,15). The second-order valence-electron chi connectivity index (χ2n) is 4.33. The Bertz CT molecular complexity index is 559. The van der Waals surface area contributed by atoms with Gasteiger partial charge in [-0.3, -0.25) is 0 Å². The lowest BCUT2D eigenvalue weighted by Crippen LogP contribution is -2.31. The molecule has 0 amide bonds. The number of nitrogens with zero attached hydrogens (tertiary/aromatic N) is 3. The van der Waals surface area contributed by atoms with Crippen LogP contribution in [0, 0.1) is 0 Å². The third kappa shape index (κ3) is 5.64. The summed E-state index contributed by atoms with van der Waals surface area (Å²) in [6.45, 7) is 3.24. The molecule has 0 saturated heterocycles. The number of hydrogen-bond acceptors (Lipinski definition) is 7. The summed E-state index contributed by atoms with van der Waals surface area (Å²) in [4.78, 5) is 11.2. The summed E-state index contributed by atoms with van der Waals surface area (Å²) in [5.41, 5.74) is 0.136. The molecule has 0 atom stereocenters. The summed E-state index contributed by atoms with van der Waals surface area (Å²) in [7, 11) is -1.88. The molecule has 1 aromatic heterocycles. The predicted molar refractivity (Wildman–Crippen MR) is 78.6 cm³/mol. The lowest BCUT2D eigenvalue weighted by molar-refractivity contribution is 0.0592. The summed E-state index contributed by atoms with van der Waals surface area (Å²) in [5, 5.41) is 10.6. The molecule has 9 heteroatoms. The molecule has 1 heterocycles. The number of carbonyl (C=O) groups is 1. The maximum absolute atomic E-state index is 11.4. The first kappa shape index (κ1) is 17.3. The molecule has 0 aliphatic heterocycles. The molecular weight excluding hydrogens is 296 g/mol. The van der Waals surface area contributed by atoms with E-state index >= 15 is 0 Å². The van der Waals surface area contributed by atoms with Crippen molar-refractivity contribution >= 4 is 21.8 Å². The van der Waals surface area contributed by atoms with Gasteiger partial charge < -0.3 is 10.1 Å². The van der Waals surface area contributed by atoms with E-state index in [0.717, 1.165) is 0 Å². The van der Waals surface area contributed by atoms with Gasteiger partial charge >= 0.3 is 5.97 Å². The van der Waals surface area contributed by atoms with E-state index < -0.39 is 16.0 Å². The minimum atomic E-state index is -3.15. The zero-order chi connectivity index (χ0) is 15.9. The normalized spacial score (nSPS) is 11.4. The van der Waals surface area contributed by atoms with Crippen LogP contribution >= 0.6 is 0 Å². The van der Waals surface area contributed by atoms with Crippen molar-refractivity contribution < 1.29 is 17.9 Å². The van der Waals surface area contributed by atoms with Gasteiger partial charge in [-0.1, -0.05) is 6.92 Å². The van der Waals surface area contributed by atoms with Crippen LogP contribution in [0.3, 0.4) is 0 Å². The Hall–Kier alpha value is -1.74. The molecular formula is C12H20N4O4S. The van der Waals surface area contributed by atoms with E-state index in [0.29, 0.717) is 31.9 Å². The second-order valence-corrected chi connectivity index (χ2v) is 6.31. The molecule has 0 saturated carbocycles. The molecule has 0 bridgehead atoms. The number of esters is 1. The molecule has 0 unspecified atom stereocenters. The Balaban J connectivity index is 2.41. The third-order valence-corrected chi connectivity index (χ3v) is 4.15. The predicted octanol–water partition coefficient (Wildman–Crippen LogP) is 0.347. The fourth-order valence-corrected chi connectivity index (χ4v) is 2.60. The van der Waals surface area contributed by atoms with E-state index in [4.69, 9.17) is 0 Å². The van der Waals surface area contributed by atoms with Crippen LogP contribution in [0.5, 0.6) is 0 Å². The van der Waals surface area contributed by atoms with Crippen molar-refractivity contribution in [3.63, 3.8) is 0 Å². The summed E-state index contributed by atoms with van der Waals surface area (Å²) >= 11 is 0. The van der Waals surface area contributed by atoms with Crippen LogP contribution in [0.15, 0.2) is 12.1 Å². The molecule has 21 heavy (non-hydrogen) atoms. The van der Waals surface area contributed by atoms with Gasteiger partial charge in [-0.05, 0) is 18.6 Å². The highest BCUT2D eigenvalue weighted by Crippen LogP contribution is 2.04. The Labute approximate surface area is 124 Å². The van der Waals surface area contributed by atoms with E-state index in [9.17, 15) is 13.2 Å². The van der Waals surface area contributed by atoms with Crippen molar-refractivity contribution in [1.29, 1.82) is 0 Å². The SMILES string of the molecule is CCN(CCCNc1ccc(C(=O)OC)nn1)S(C)(=O)=O. The molecule has 0 fully saturated rings. The minimum Gasteiger partial charge on any atom is -0.464 e. The Morgan fingerprint density at radius 2 is 2.10 bits per heavy atom. The zero-order valence-corrected chi connectivity index (χ0v) is 13.2. The van der Waals surface area contributed by atoms with Crippen molar-refractivity contribution in [1.82, 2.24) is 14.5 Å². The number of rotatable bonds is 8. The number of methoxy groups -OCH3 is 1. The number of hydrogen-bond donors (Lipinski definition) is 1. The van der Waals surface area contributed by atoms with Crippen LogP contribution in [-0.2, 0) is 14.8 Å². The number of aromatic nitrogens is 2. The number of ether oxygens (including phenoxy) is 1. The third-order valence-electron chi connectivity index (χ3n) is 2.77. The van der Waals surface area contributed by atoms with Crippen molar-refractivity contribution in [2.24, 2.45) is 0 Å². The monoisotopic (exact) mass is 316 g/mol. The molecule has 0 aliphatic carbocycles. The van der Waals surface area contributed by atoms with Gasteiger partial charge in [0.1, 0.15) is 5.82 Å². The first-order valence-electron chi connectivity index (χ1n) is 6.49. The highest BCUT2D eigenvalue weighted by atomic mass is 32.2. The van der Waals surface area contributed by atoms with E-state index in [1.54, 1.807) is 13.0 Å². The van der Waals surface area contributed by atoms with E-state index in [1.165, 1.54) is 23.7 Å². The molecule has 0 spiro atoms. The quantitative estimate of drug-likeness (QED) is 0.545. The minimum absolute atomic E-state index is 0.136. The van der Waals surface area contributed by atoms with Gasteiger partial charge in [0.2, 0.25) is 10.0 Å². The van der Waals surface area contributed by atoms with Gasteiger partial charge in [-0.15, -0.1) is 10.2 Å². The van der Waals surface area contributed by atoms with Crippen LogP contribution in [-0.4, -0.2) is 61.9 Å². The number of sulfonamides is 1. The number of anilines is 1. The lowest BCUT2D eigenvalue weighted by atomic mass is 10.3. The topological polar surface area (TPSA) is 101 Å². The average molecular weight is 316 g/mol. The van der Waals surface area contributed by atoms with E-state index in [-0.39, 0.29) is 5.69 Å². The first-order valence-corrected chi connectivity index (χ1v) is 8.34. The van der Waals surface area contributed by atoms with Crippen molar-refractivity contribution in [3.8, 4) is 0 Å². The molecule has 0 radical (unpaired) electrons. The fraction of sp³-hybridized carbons (Fsp3) is 0.583. The van der Waals surface area contributed by atoms with Crippen LogP contribution < -0.4 is 5.32 Å². The molecule has 1 aromatic rings. The molecule has 1 rings (SSSR count). The molecule has 118 valence electrons. The van der Waals surface area contributed by atoms with E-state index in [2.05, 4.69) is 20.3 Å². The average Bonchev–Trinajstić information content (AvgIpc) is 2.45. The van der Waals surface area contributed by atoms with Crippen LogP contribution in [0.2, 0.25) is 0 Å². The van der Waals surface area contributed by atoms with Gasteiger partial charge in [0, 0.05) is 19.6 Å². The molecule has 8 nitrogen and oxygen atoms in total. The van der Waals surface area contributed by atoms with Gasteiger partial charge in [0.15, 0.2) is 5.69 Å². The Kier molecular flexibility index (Phi) is 6.50. The van der Waals surface area contributed by atoms with Gasteiger partial charge in [0.25, 0.3) is 0 Å². The van der Waals surface area contributed by atoms with Gasteiger partial charge in [0.05, 0.1) is 13.4 Å². The summed E-state index contributed by atoms with van der Waals surface area (Å²) in [6.07, 6.45) is 1.84. The van der Waals surface area contributed by atoms with Crippen molar-refractivity contribution in [3.05, 3.63) is 17.8 Å². The van der Waals surface area contributed by atoms with Crippen LogP contribution in [0.25, 0.3) is 0 Å². The number of nitrogens with one attached hydrogen (secondary N) is 1. The fourth-order valence-electron chi connectivity index (χ4n) is 1.67. The largest absolute Gasteiger partial charge is 0.464 e. The number of carbonyl (C=O) groups excluding carboxylic acids is 1. The Morgan fingerprint density at radius 3 is 2.57 bits per heavy atom. The smallest absolute Gasteiger partial charge is 0.358 e. The molecule has 1 N–H and O–H groups in total. The van der Waals surface area contributed by atoms with Crippen molar-refractivity contribution in [2.75, 3.05) is 38.3 Å². The van der Waals surface area contributed by atoms with Gasteiger partial charge in [-0.2, -0.15) is 0 Å². The maximum Gasteiger partial charge on any atom is 0.358 e. The summed E-state index contributed by atoms with van der Waals surface area (Å²) < 4.78 is 28.7. The Morgan fingerprint density at radius 1 is 1.38 bits per heavy atom. The maximum atomic E-state index is 11.4. The lowest BCUT2D eigenvalue weighted by Gasteiger charge is -2.17. The summed E-state index contributed by atoms with van der Waals surface area (Å²) in [6, 6.07) is 3.13. The second kappa shape index (κ2) is 7.89. The summed E-state index contributed by atoms with van der Waals surface area (Å²) in [5.74, 6) is -0.0224. The van der Waals surface area contributed by atoms with Crippen LogP contribution in [0.1, 0.15) is 23.8 Å². The van der Waals surface area contributed by atoms with Crippen molar-refractivity contribution in [2.45, 2.75) is 13.3 Å². The molecule has 0 aromatic carbocycles. The van der Waals surface area contributed by atoms with Crippen LogP contribution in [0.4, 0.5) is 5.82 Å². The zero-order valence-electron chi connectivity index (χ0n) is 12.4. The molecule has 0 aliphatic rings. The van der Waals surface area contributed by atoms with Gasteiger partial charge in [-0.25, -0.2) is 17.5 Å². The van der Waals surface area contributed by atoms with E-state index in [1.807, 2.05) is 0 Å². The highest BCUT2D eigenvalue weighted by Gasteiger charge is 2.13. The highest BCUT2D eigenvalue weighted by molar-refractivity contribution is 7.88.